The summed E-state index contributed by atoms with van der Waals surface area (Å²) < 4.78 is 6.38. The number of fused-ring (bicyclic) bond motifs is 1. The van der Waals surface area contributed by atoms with E-state index in [2.05, 4.69) is 4.98 Å². The lowest BCUT2D eigenvalue weighted by atomic mass is 10.0. The number of nitrogens with zero attached hydrogens (tertiary/aromatic N) is 1. The molecule has 2 aromatic carbocycles. The molecule has 0 spiro atoms. The average Bonchev–Trinajstić information content (AvgIpc) is 2.96. The van der Waals surface area contributed by atoms with Gasteiger partial charge in [0.1, 0.15) is 5.57 Å². The Morgan fingerprint density at radius 2 is 1.77 bits per heavy atom. The summed E-state index contributed by atoms with van der Waals surface area (Å²) in [6, 6.07) is 16.6. The van der Waals surface area contributed by atoms with Gasteiger partial charge in [-0.05, 0) is 17.7 Å². The van der Waals surface area contributed by atoms with E-state index >= 15 is 0 Å². The number of aromatic nitrogens is 1. The molecule has 0 saturated heterocycles. The summed E-state index contributed by atoms with van der Waals surface area (Å²) in [5.41, 5.74) is 1.53. The summed E-state index contributed by atoms with van der Waals surface area (Å²) >= 11 is 1.41. The number of carbonyl (C=O) groups is 1. The molecule has 3 aromatic rings. The lowest BCUT2D eigenvalue weighted by Crippen LogP contribution is -2.04. The van der Waals surface area contributed by atoms with Crippen molar-refractivity contribution >= 4 is 38.9 Å². The molecule has 0 fully saturated rings. The maximum Gasteiger partial charge on any atom is 0.340 e. The second kappa shape index (κ2) is 5.99. The number of carboxylic acids is 1. The van der Waals surface area contributed by atoms with Crippen LogP contribution in [0.5, 0.6) is 0 Å². The van der Waals surface area contributed by atoms with E-state index in [-0.39, 0.29) is 11.3 Å². The van der Waals surface area contributed by atoms with Crippen LogP contribution in [0.2, 0.25) is 0 Å². The van der Waals surface area contributed by atoms with E-state index in [0.717, 1.165) is 10.2 Å². The highest BCUT2D eigenvalue weighted by molar-refractivity contribution is 7.19. The molecule has 1 N–H and O–H groups in total. The van der Waals surface area contributed by atoms with Crippen molar-refractivity contribution in [2.24, 2.45) is 0 Å². The average molecular weight is 311 g/mol. The van der Waals surface area contributed by atoms with E-state index in [1.165, 1.54) is 18.4 Å². The Hall–Kier alpha value is -2.66. The first-order valence-corrected chi connectivity index (χ1v) is 7.45. The third-order valence-electron chi connectivity index (χ3n) is 3.20. The fourth-order valence-corrected chi connectivity index (χ4v) is 3.22. The maximum absolute atomic E-state index is 11.7. The van der Waals surface area contributed by atoms with Crippen molar-refractivity contribution in [1.29, 1.82) is 0 Å². The molecule has 110 valence electrons. The first-order valence-electron chi connectivity index (χ1n) is 6.63. The molecule has 22 heavy (non-hydrogen) atoms. The highest BCUT2D eigenvalue weighted by Gasteiger charge is 2.21. The molecular formula is C17H13NO3S. The van der Waals surface area contributed by atoms with Crippen LogP contribution in [0.3, 0.4) is 0 Å². The smallest absolute Gasteiger partial charge is 0.340 e. The SMILES string of the molecule is CO/C(=C(/C(=O)O)c1ccccc1)c1nc2ccccc2s1. The monoisotopic (exact) mass is 311 g/mol. The van der Waals surface area contributed by atoms with Crippen LogP contribution in [0, 0.1) is 0 Å². The first-order chi connectivity index (χ1) is 10.7. The van der Waals surface area contributed by atoms with Gasteiger partial charge in [0, 0.05) is 0 Å². The van der Waals surface area contributed by atoms with Crippen molar-refractivity contribution in [2.45, 2.75) is 0 Å². The number of hydrogen-bond acceptors (Lipinski definition) is 4. The summed E-state index contributed by atoms with van der Waals surface area (Å²) in [5, 5.41) is 10.2. The minimum absolute atomic E-state index is 0.113. The topological polar surface area (TPSA) is 59.4 Å². The predicted octanol–water partition coefficient (Wildman–Crippen LogP) is 3.90. The van der Waals surface area contributed by atoms with Crippen LogP contribution in [0.15, 0.2) is 54.6 Å². The van der Waals surface area contributed by atoms with Gasteiger partial charge in [0.2, 0.25) is 0 Å². The molecule has 0 atom stereocenters. The molecule has 0 saturated carbocycles. The Morgan fingerprint density at radius 1 is 1.09 bits per heavy atom. The van der Waals surface area contributed by atoms with Crippen molar-refractivity contribution in [3.05, 3.63) is 65.2 Å². The zero-order chi connectivity index (χ0) is 15.5. The van der Waals surface area contributed by atoms with Gasteiger partial charge < -0.3 is 9.84 Å². The lowest BCUT2D eigenvalue weighted by Gasteiger charge is -2.09. The van der Waals surface area contributed by atoms with Crippen LogP contribution in [0.25, 0.3) is 21.5 Å². The fourth-order valence-electron chi connectivity index (χ4n) is 2.22. The standard InChI is InChI=1S/C17H13NO3S/c1-21-15(14(17(19)20)11-7-3-2-4-8-11)16-18-12-9-5-6-10-13(12)22-16/h2-10H,1H3,(H,19,20)/b15-14+. The molecule has 0 amide bonds. The number of thiazole rings is 1. The third kappa shape index (κ3) is 2.58. The summed E-state index contributed by atoms with van der Waals surface area (Å²) in [7, 11) is 1.47. The van der Waals surface area contributed by atoms with Gasteiger partial charge in [-0.15, -0.1) is 11.3 Å². The number of carboxylic acid groups (broad SMARTS) is 1. The summed E-state index contributed by atoms with van der Waals surface area (Å²) in [6.07, 6.45) is 0. The molecule has 1 heterocycles. The van der Waals surface area contributed by atoms with E-state index in [9.17, 15) is 9.90 Å². The summed E-state index contributed by atoms with van der Waals surface area (Å²) in [6.45, 7) is 0. The molecule has 1 aromatic heterocycles. The number of methoxy groups -OCH3 is 1. The number of rotatable bonds is 4. The van der Waals surface area contributed by atoms with Crippen LogP contribution in [-0.2, 0) is 9.53 Å². The fraction of sp³-hybridized carbons (Fsp3) is 0.0588. The minimum atomic E-state index is -1.04. The van der Waals surface area contributed by atoms with E-state index in [0.29, 0.717) is 10.6 Å². The molecule has 0 aliphatic carbocycles. The molecular weight excluding hydrogens is 298 g/mol. The highest BCUT2D eigenvalue weighted by atomic mass is 32.1. The predicted molar refractivity (Wildman–Crippen MR) is 87.5 cm³/mol. The number of para-hydroxylation sites is 1. The van der Waals surface area contributed by atoms with Crippen molar-refractivity contribution in [2.75, 3.05) is 7.11 Å². The van der Waals surface area contributed by atoms with E-state index in [1.807, 2.05) is 30.3 Å². The van der Waals surface area contributed by atoms with E-state index in [1.54, 1.807) is 24.3 Å². The first kappa shape index (κ1) is 14.3. The Morgan fingerprint density at radius 3 is 2.41 bits per heavy atom. The number of benzene rings is 2. The molecule has 0 aliphatic heterocycles. The zero-order valence-electron chi connectivity index (χ0n) is 11.8. The third-order valence-corrected chi connectivity index (χ3v) is 4.23. The van der Waals surface area contributed by atoms with Crippen LogP contribution >= 0.6 is 11.3 Å². The molecule has 0 unspecified atom stereocenters. The van der Waals surface area contributed by atoms with Gasteiger partial charge >= 0.3 is 5.97 Å². The van der Waals surface area contributed by atoms with Gasteiger partial charge in [-0.1, -0.05) is 42.5 Å². The Kier molecular flexibility index (Phi) is 3.89. The second-order valence-electron chi connectivity index (χ2n) is 4.57. The van der Waals surface area contributed by atoms with E-state index < -0.39 is 5.97 Å². The molecule has 5 heteroatoms. The number of hydrogen-bond donors (Lipinski definition) is 1. The Bertz CT molecular complexity index is 819. The summed E-state index contributed by atoms with van der Waals surface area (Å²) in [5.74, 6) is -0.762. The molecule has 3 rings (SSSR count). The van der Waals surface area contributed by atoms with Gasteiger partial charge in [-0.2, -0.15) is 0 Å². The van der Waals surface area contributed by atoms with Gasteiger partial charge in [0.05, 0.1) is 17.3 Å². The second-order valence-corrected chi connectivity index (χ2v) is 5.60. The van der Waals surface area contributed by atoms with Gasteiger partial charge in [0.15, 0.2) is 10.8 Å². The quantitative estimate of drug-likeness (QED) is 0.586. The van der Waals surface area contributed by atoms with Gasteiger partial charge in [-0.25, -0.2) is 9.78 Å². The van der Waals surface area contributed by atoms with Gasteiger partial charge in [-0.3, -0.25) is 0 Å². The van der Waals surface area contributed by atoms with Crippen molar-refractivity contribution in [1.82, 2.24) is 4.98 Å². The van der Waals surface area contributed by atoms with Crippen molar-refractivity contribution < 1.29 is 14.6 Å². The highest BCUT2D eigenvalue weighted by Crippen LogP contribution is 2.32. The van der Waals surface area contributed by atoms with Crippen molar-refractivity contribution in [3.63, 3.8) is 0 Å². The van der Waals surface area contributed by atoms with Gasteiger partial charge in [0.25, 0.3) is 0 Å². The lowest BCUT2D eigenvalue weighted by molar-refractivity contribution is -0.130. The normalized spacial score (nSPS) is 12.0. The van der Waals surface area contributed by atoms with Crippen LogP contribution in [0.1, 0.15) is 10.6 Å². The molecule has 0 radical (unpaired) electrons. The van der Waals surface area contributed by atoms with Crippen LogP contribution in [0.4, 0.5) is 0 Å². The molecule has 4 nitrogen and oxygen atoms in total. The molecule has 0 bridgehead atoms. The minimum Gasteiger partial charge on any atom is -0.493 e. The Labute approximate surface area is 131 Å². The zero-order valence-corrected chi connectivity index (χ0v) is 12.6. The summed E-state index contributed by atoms with van der Waals surface area (Å²) in [4.78, 5) is 16.2. The van der Waals surface area contributed by atoms with Crippen molar-refractivity contribution in [3.8, 4) is 0 Å². The van der Waals surface area contributed by atoms with Crippen LogP contribution in [-0.4, -0.2) is 23.2 Å². The van der Waals surface area contributed by atoms with Crippen LogP contribution < -0.4 is 0 Å². The largest absolute Gasteiger partial charge is 0.493 e. The Balaban J connectivity index is 2.23. The molecule has 0 aliphatic rings. The maximum atomic E-state index is 11.7. The number of aliphatic carboxylic acids is 1. The number of ether oxygens (including phenoxy) is 1. The van der Waals surface area contributed by atoms with E-state index in [4.69, 9.17) is 4.74 Å².